The van der Waals surface area contributed by atoms with Gasteiger partial charge in [0.05, 0.1) is 5.52 Å². The van der Waals surface area contributed by atoms with Crippen LogP contribution in [0.5, 0.6) is 0 Å². The van der Waals surface area contributed by atoms with Crippen LogP contribution in [0.2, 0.25) is 0 Å². The van der Waals surface area contributed by atoms with Crippen molar-refractivity contribution in [2.24, 2.45) is 0 Å². The maximum absolute atomic E-state index is 11.3. The van der Waals surface area contributed by atoms with E-state index in [2.05, 4.69) is 24.8 Å². The minimum atomic E-state index is 0.380. The molecule has 0 aliphatic carbocycles. The average molecular weight is 374 g/mol. The van der Waals surface area contributed by atoms with Gasteiger partial charge < -0.3 is 9.80 Å². The number of para-hydroxylation sites is 1. The Morgan fingerprint density at radius 1 is 0.964 bits per heavy atom. The number of aromatic nitrogens is 4. The summed E-state index contributed by atoms with van der Waals surface area (Å²) < 4.78 is 0. The fourth-order valence-electron chi connectivity index (χ4n) is 3.36. The molecule has 1 saturated heterocycles. The normalized spacial score (nSPS) is 14.1. The van der Waals surface area contributed by atoms with Gasteiger partial charge in [-0.25, -0.2) is 19.9 Å². The van der Waals surface area contributed by atoms with E-state index in [1.165, 1.54) is 0 Å². The van der Waals surface area contributed by atoms with Gasteiger partial charge in [0.2, 0.25) is 0 Å². The number of hydrogen-bond donors (Lipinski definition) is 0. The topological polar surface area (TPSA) is 75.1 Å². The maximum Gasteiger partial charge on any atom is 0.168 e. The number of fused-ring (bicyclic) bond motifs is 1. The molecular formula is C21H22N6O. The number of carbonyl (C=O) groups excluding carboxylic acids is 1. The largest absolute Gasteiger partial charge is 0.362 e. The summed E-state index contributed by atoms with van der Waals surface area (Å²) >= 11 is 0. The van der Waals surface area contributed by atoms with Crippen molar-refractivity contribution >= 4 is 41.0 Å². The molecule has 1 aliphatic heterocycles. The number of anilines is 2. The van der Waals surface area contributed by atoms with Crippen LogP contribution in [0.1, 0.15) is 35.0 Å². The Morgan fingerprint density at radius 3 is 2.39 bits per heavy atom. The first kappa shape index (κ1) is 18.0. The molecule has 142 valence electrons. The molecule has 0 saturated carbocycles. The molecular weight excluding hydrogens is 352 g/mol. The van der Waals surface area contributed by atoms with Crippen molar-refractivity contribution in [3.8, 4) is 0 Å². The SMILES string of the molecule is CN(C)c1nc(C=Cc2nc(C=O)cc(N3CCCC3)n2)nc2ccccc12. The van der Waals surface area contributed by atoms with E-state index >= 15 is 0 Å². The van der Waals surface area contributed by atoms with E-state index in [0.717, 1.165) is 54.8 Å². The van der Waals surface area contributed by atoms with Gasteiger partial charge in [-0.05, 0) is 37.1 Å². The van der Waals surface area contributed by atoms with Crippen LogP contribution in [0, 0.1) is 0 Å². The lowest BCUT2D eigenvalue weighted by Crippen LogP contribution is -2.20. The van der Waals surface area contributed by atoms with Crippen LogP contribution in [0.4, 0.5) is 11.6 Å². The summed E-state index contributed by atoms with van der Waals surface area (Å²) in [5.74, 6) is 2.70. The zero-order valence-electron chi connectivity index (χ0n) is 16.0. The highest BCUT2D eigenvalue weighted by Crippen LogP contribution is 2.23. The second-order valence-electron chi connectivity index (χ2n) is 6.97. The van der Waals surface area contributed by atoms with E-state index in [0.29, 0.717) is 17.3 Å². The first-order chi connectivity index (χ1) is 13.6. The minimum absolute atomic E-state index is 0.380. The summed E-state index contributed by atoms with van der Waals surface area (Å²) in [7, 11) is 3.92. The lowest BCUT2D eigenvalue weighted by Gasteiger charge is -2.16. The molecule has 0 bridgehead atoms. The third-order valence-electron chi connectivity index (χ3n) is 4.71. The summed E-state index contributed by atoms with van der Waals surface area (Å²) in [5.41, 5.74) is 1.26. The first-order valence-electron chi connectivity index (χ1n) is 9.35. The zero-order valence-corrected chi connectivity index (χ0v) is 16.0. The predicted octanol–water partition coefficient (Wildman–Crippen LogP) is 3.07. The lowest BCUT2D eigenvalue weighted by molar-refractivity contribution is 0.111. The highest BCUT2D eigenvalue weighted by atomic mass is 16.1. The van der Waals surface area contributed by atoms with Crippen LogP contribution in [-0.4, -0.2) is 53.4 Å². The quantitative estimate of drug-likeness (QED) is 0.635. The van der Waals surface area contributed by atoms with Gasteiger partial charge in [0.15, 0.2) is 17.9 Å². The van der Waals surface area contributed by atoms with E-state index < -0.39 is 0 Å². The van der Waals surface area contributed by atoms with Gasteiger partial charge in [0.1, 0.15) is 17.3 Å². The van der Waals surface area contributed by atoms with Crippen molar-refractivity contribution in [2.75, 3.05) is 37.0 Å². The molecule has 3 aromatic rings. The molecule has 1 fully saturated rings. The highest BCUT2D eigenvalue weighted by molar-refractivity contribution is 5.90. The Labute approximate surface area is 163 Å². The van der Waals surface area contributed by atoms with Gasteiger partial charge in [-0.1, -0.05) is 12.1 Å². The Morgan fingerprint density at radius 2 is 1.68 bits per heavy atom. The lowest BCUT2D eigenvalue weighted by atomic mass is 10.2. The summed E-state index contributed by atoms with van der Waals surface area (Å²) in [4.78, 5) is 33.6. The molecule has 0 N–H and O–H groups in total. The Balaban J connectivity index is 1.71. The smallest absolute Gasteiger partial charge is 0.168 e. The van der Waals surface area contributed by atoms with E-state index in [4.69, 9.17) is 0 Å². The van der Waals surface area contributed by atoms with Crippen LogP contribution in [-0.2, 0) is 0 Å². The third-order valence-corrected chi connectivity index (χ3v) is 4.71. The van der Waals surface area contributed by atoms with Crippen LogP contribution in [0.25, 0.3) is 23.1 Å². The van der Waals surface area contributed by atoms with Crippen LogP contribution >= 0.6 is 0 Å². The fourth-order valence-corrected chi connectivity index (χ4v) is 3.36. The standard InChI is InChI=1S/C21H22N6O/c1-26(2)21-16-7-3-4-8-17(16)23-19(25-21)10-9-18-22-15(14-28)13-20(24-18)27-11-5-6-12-27/h3-4,7-10,13-14H,5-6,11-12H2,1-2H3. The second-order valence-corrected chi connectivity index (χ2v) is 6.97. The number of aldehydes is 1. The molecule has 28 heavy (non-hydrogen) atoms. The second kappa shape index (κ2) is 7.72. The third kappa shape index (κ3) is 3.69. The molecule has 3 heterocycles. The van der Waals surface area contributed by atoms with Crippen molar-refractivity contribution in [1.82, 2.24) is 19.9 Å². The van der Waals surface area contributed by atoms with Gasteiger partial charge in [-0.15, -0.1) is 0 Å². The molecule has 1 aliphatic rings. The Kier molecular flexibility index (Phi) is 4.97. The van der Waals surface area contributed by atoms with Crippen molar-refractivity contribution in [3.05, 3.63) is 47.7 Å². The number of hydrogen-bond acceptors (Lipinski definition) is 7. The van der Waals surface area contributed by atoms with Gasteiger partial charge in [0.25, 0.3) is 0 Å². The minimum Gasteiger partial charge on any atom is -0.362 e. The van der Waals surface area contributed by atoms with Gasteiger partial charge >= 0.3 is 0 Å². The van der Waals surface area contributed by atoms with Crippen LogP contribution < -0.4 is 9.80 Å². The van der Waals surface area contributed by atoms with E-state index in [9.17, 15) is 4.79 Å². The molecule has 0 unspecified atom stereocenters. The highest BCUT2D eigenvalue weighted by Gasteiger charge is 2.15. The number of benzene rings is 1. The first-order valence-corrected chi connectivity index (χ1v) is 9.35. The summed E-state index contributed by atoms with van der Waals surface area (Å²) in [6.45, 7) is 1.91. The molecule has 7 heteroatoms. The van der Waals surface area contributed by atoms with E-state index in [-0.39, 0.29) is 0 Å². The molecule has 0 radical (unpaired) electrons. The van der Waals surface area contributed by atoms with Crippen molar-refractivity contribution < 1.29 is 4.79 Å². The number of rotatable bonds is 5. The van der Waals surface area contributed by atoms with Crippen LogP contribution in [0.3, 0.4) is 0 Å². The van der Waals surface area contributed by atoms with Gasteiger partial charge in [0, 0.05) is 38.6 Å². The molecule has 0 amide bonds. The molecule has 4 rings (SSSR count). The van der Waals surface area contributed by atoms with Gasteiger partial charge in [-0.2, -0.15) is 0 Å². The van der Waals surface area contributed by atoms with Crippen molar-refractivity contribution in [1.29, 1.82) is 0 Å². The van der Waals surface area contributed by atoms with Gasteiger partial charge in [-0.3, -0.25) is 4.79 Å². The Bertz CT molecular complexity index is 1040. The molecule has 1 aromatic carbocycles. The van der Waals surface area contributed by atoms with E-state index in [1.54, 1.807) is 18.2 Å². The Hall–Kier alpha value is -3.35. The van der Waals surface area contributed by atoms with Crippen molar-refractivity contribution in [2.45, 2.75) is 12.8 Å². The van der Waals surface area contributed by atoms with Crippen LogP contribution in [0.15, 0.2) is 30.3 Å². The zero-order chi connectivity index (χ0) is 19.5. The molecule has 0 atom stereocenters. The summed E-state index contributed by atoms with van der Waals surface area (Å²) in [6.07, 6.45) is 6.59. The maximum atomic E-state index is 11.3. The molecule has 0 spiro atoms. The average Bonchev–Trinajstić information content (AvgIpc) is 3.26. The fraction of sp³-hybridized carbons (Fsp3) is 0.286. The van der Waals surface area contributed by atoms with E-state index in [1.807, 2.05) is 43.3 Å². The predicted molar refractivity (Wildman–Crippen MR) is 112 cm³/mol. The number of carbonyl (C=O) groups is 1. The van der Waals surface area contributed by atoms with Crippen molar-refractivity contribution in [3.63, 3.8) is 0 Å². The molecule has 7 nitrogen and oxygen atoms in total. The molecule has 2 aromatic heterocycles. The summed E-state index contributed by atoms with van der Waals surface area (Å²) in [6, 6.07) is 9.66. The summed E-state index contributed by atoms with van der Waals surface area (Å²) in [5, 5.41) is 1.00. The monoisotopic (exact) mass is 374 g/mol. The number of nitrogens with zero attached hydrogens (tertiary/aromatic N) is 6.